The van der Waals surface area contributed by atoms with Crippen LogP contribution in [0.25, 0.3) is 0 Å². The Morgan fingerprint density at radius 2 is 1.67 bits per heavy atom. The first-order valence-corrected chi connectivity index (χ1v) is 11.6. The summed E-state index contributed by atoms with van der Waals surface area (Å²) in [5.41, 5.74) is 2.40. The molecule has 0 aromatic heterocycles. The van der Waals surface area contributed by atoms with E-state index in [2.05, 4.69) is 49.1 Å². The number of hydrogen-bond acceptors (Lipinski definition) is 2. The molecule has 30 heavy (non-hydrogen) atoms. The lowest BCUT2D eigenvalue weighted by molar-refractivity contribution is -0.156. The average Bonchev–Trinajstić information content (AvgIpc) is 3.31. The number of allylic oxidation sites excluding steroid dienone is 2. The van der Waals surface area contributed by atoms with Crippen LogP contribution in [0.2, 0.25) is 0 Å². The highest BCUT2D eigenvalue weighted by Gasteiger charge is 2.56. The van der Waals surface area contributed by atoms with E-state index in [1.54, 1.807) is 0 Å². The number of fused-ring (bicyclic) bond motifs is 3. The van der Waals surface area contributed by atoms with Crippen molar-refractivity contribution < 1.29 is 14.7 Å². The number of benzene rings is 1. The summed E-state index contributed by atoms with van der Waals surface area (Å²) in [4.78, 5) is 28.5. The van der Waals surface area contributed by atoms with Gasteiger partial charge < -0.3 is 10.0 Å². The quantitative estimate of drug-likeness (QED) is 0.708. The van der Waals surface area contributed by atoms with Gasteiger partial charge in [-0.3, -0.25) is 9.59 Å². The van der Waals surface area contributed by atoms with Crippen LogP contribution < -0.4 is 0 Å². The summed E-state index contributed by atoms with van der Waals surface area (Å²) in [6.07, 6.45) is 11.5. The van der Waals surface area contributed by atoms with Crippen molar-refractivity contribution in [3.05, 3.63) is 47.5 Å². The Kier molecular flexibility index (Phi) is 4.61. The highest BCUT2D eigenvalue weighted by Crippen LogP contribution is 2.52. The molecule has 1 heterocycles. The van der Waals surface area contributed by atoms with E-state index >= 15 is 0 Å². The van der Waals surface area contributed by atoms with E-state index in [4.69, 9.17) is 0 Å². The van der Waals surface area contributed by atoms with Gasteiger partial charge in [0, 0.05) is 12.1 Å². The van der Waals surface area contributed by atoms with E-state index in [1.165, 1.54) is 17.5 Å². The standard InChI is InChI=1S/C26H33NO3/c1-25(2)16-26(12-6-3-7-13-26)27(15-19-8-4-5-9-20(19)25)23(28)21-17-10-11-18(14-17)22(21)24(29)30/h4-5,8-11,17-18,21-22H,3,6-7,12-16H2,1-2H3,(H,29,30). The van der Waals surface area contributed by atoms with Gasteiger partial charge in [-0.15, -0.1) is 0 Å². The predicted molar refractivity (Wildman–Crippen MR) is 116 cm³/mol. The number of carbonyl (C=O) groups is 2. The molecular weight excluding hydrogens is 374 g/mol. The maximum atomic E-state index is 14.2. The van der Waals surface area contributed by atoms with Crippen molar-refractivity contribution in [1.82, 2.24) is 4.90 Å². The molecule has 1 spiro atoms. The molecule has 1 aromatic carbocycles. The molecule has 4 nitrogen and oxygen atoms in total. The van der Waals surface area contributed by atoms with Crippen molar-refractivity contribution >= 4 is 11.9 Å². The molecule has 4 unspecified atom stereocenters. The third-order valence-electron chi connectivity index (χ3n) is 8.50. The number of carboxylic acid groups (broad SMARTS) is 1. The molecule has 5 rings (SSSR count). The fourth-order valence-corrected chi connectivity index (χ4v) is 7.31. The minimum atomic E-state index is -0.807. The first kappa shape index (κ1) is 19.8. The maximum Gasteiger partial charge on any atom is 0.307 e. The van der Waals surface area contributed by atoms with Crippen LogP contribution in [0.4, 0.5) is 0 Å². The Morgan fingerprint density at radius 1 is 1.00 bits per heavy atom. The van der Waals surface area contributed by atoms with Gasteiger partial charge >= 0.3 is 5.97 Å². The van der Waals surface area contributed by atoms with Crippen molar-refractivity contribution in [2.45, 2.75) is 76.3 Å². The van der Waals surface area contributed by atoms with Gasteiger partial charge in [-0.05, 0) is 54.1 Å². The van der Waals surface area contributed by atoms with Crippen molar-refractivity contribution in [2.75, 3.05) is 0 Å². The summed E-state index contributed by atoms with van der Waals surface area (Å²) in [6, 6.07) is 8.55. The minimum Gasteiger partial charge on any atom is -0.481 e. The van der Waals surface area contributed by atoms with Gasteiger partial charge in [0.05, 0.1) is 11.8 Å². The van der Waals surface area contributed by atoms with Gasteiger partial charge in [0.1, 0.15) is 0 Å². The van der Waals surface area contributed by atoms with Crippen LogP contribution in [0.3, 0.4) is 0 Å². The summed E-state index contributed by atoms with van der Waals surface area (Å²) in [5, 5.41) is 9.95. The molecule has 4 heteroatoms. The third-order valence-corrected chi connectivity index (χ3v) is 8.50. The molecule has 160 valence electrons. The molecule has 2 fully saturated rings. The van der Waals surface area contributed by atoms with E-state index in [0.29, 0.717) is 6.54 Å². The van der Waals surface area contributed by atoms with Crippen LogP contribution in [-0.4, -0.2) is 27.4 Å². The Labute approximate surface area is 179 Å². The van der Waals surface area contributed by atoms with Gasteiger partial charge in [-0.25, -0.2) is 0 Å². The van der Waals surface area contributed by atoms with Crippen molar-refractivity contribution in [3.8, 4) is 0 Å². The summed E-state index contributed by atoms with van der Waals surface area (Å²) < 4.78 is 0. The molecule has 2 bridgehead atoms. The molecule has 4 aliphatic rings. The summed E-state index contributed by atoms with van der Waals surface area (Å²) in [6.45, 7) is 5.25. The van der Waals surface area contributed by atoms with E-state index in [9.17, 15) is 14.7 Å². The molecular formula is C26H33NO3. The number of aliphatic carboxylic acids is 1. The van der Waals surface area contributed by atoms with Gasteiger partial charge in [0.2, 0.25) is 5.91 Å². The lowest BCUT2D eigenvalue weighted by Crippen LogP contribution is -2.56. The molecule has 0 saturated heterocycles. The summed E-state index contributed by atoms with van der Waals surface area (Å²) in [7, 11) is 0. The second-order valence-corrected chi connectivity index (χ2v) is 10.8. The average molecular weight is 408 g/mol. The van der Waals surface area contributed by atoms with Crippen molar-refractivity contribution in [2.24, 2.45) is 23.7 Å². The number of nitrogens with zero attached hydrogens (tertiary/aromatic N) is 1. The topological polar surface area (TPSA) is 57.6 Å². The van der Waals surface area contributed by atoms with Crippen molar-refractivity contribution in [1.29, 1.82) is 0 Å². The molecule has 2 saturated carbocycles. The van der Waals surface area contributed by atoms with Crippen molar-refractivity contribution in [3.63, 3.8) is 0 Å². The molecule has 3 aliphatic carbocycles. The maximum absolute atomic E-state index is 14.2. The van der Waals surface area contributed by atoms with E-state index in [0.717, 1.165) is 38.5 Å². The molecule has 4 atom stereocenters. The zero-order valence-electron chi connectivity index (χ0n) is 18.1. The van der Waals surface area contributed by atoms with Crippen LogP contribution in [0.5, 0.6) is 0 Å². The molecule has 1 N–H and O–H groups in total. The number of amides is 1. The second kappa shape index (κ2) is 6.96. The molecule has 0 radical (unpaired) electrons. The second-order valence-electron chi connectivity index (χ2n) is 10.8. The minimum absolute atomic E-state index is 0.0102. The normalized spacial score (nSPS) is 33.3. The van der Waals surface area contributed by atoms with E-state index in [-0.39, 0.29) is 28.7 Å². The van der Waals surface area contributed by atoms with Crippen LogP contribution in [0.15, 0.2) is 36.4 Å². The highest BCUT2D eigenvalue weighted by molar-refractivity contribution is 5.87. The number of carboxylic acids is 1. The SMILES string of the molecule is CC1(C)CC2(CCCCC2)N(C(=O)C2C3C=CC(C3)C2C(=O)O)Cc2ccccc21. The first-order chi connectivity index (χ1) is 14.3. The fourth-order valence-electron chi connectivity index (χ4n) is 7.31. The molecule has 1 amide bonds. The summed E-state index contributed by atoms with van der Waals surface area (Å²) >= 11 is 0. The van der Waals surface area contributed by atoms with Crippen LogP contribution in [0.1, 0.15) is 69.9 Å². The van der Waals surface area contributed by atoms with Crippen LogP contribution >= 0.6 is 0 Å². The zero-order valence-corrected chi connectivity index (χ0v) is 18.1. The lowest BCUT2D eigenvalue weighted by atomic mass is 9.68. The first-order valence-electron chi connectivity index (χ1n) is 11.6. The van der Waals surface area contributed by atoms with Crippen LogP contribution in [0, 0.1) is 23.7 Å². The van der Waals surface area contributed by atoms with Gasteiger partial charge in [0.25, 0.3) is 0 Å². The van der Waals surface area contributed by atoms with Gasteiger partial charge in [-0.1, -0.05) is 69.5 Å². The Balaban J connectivity index is 1.58. The fraction of sp³-hybridized carbons (Fsp3) is 0.615. The molecule has 1 aliphatic heterocycles. The van der Waals surface area contributed by atoms with E-state index < -0.39 is 17.8 Å². The highest BCUT2D eigenvalue weighted by atomic mass is 16.4. The number of carbonyl (C=O) groups excluding carboxylic acids is 1. The lowest BCUT2D eigenvalue weighted by Gasteiger charge is -2.49. The van der Waals surface area contributed by atoms with Gasteiger partial charge in [0.15, 0.2) is 0 Å². The smallest absolute Gasteiger partial charge is 0.307 e. The van der Waals surface area contributed by atoms with E-state index in [1.807, 2.05) is 6.08 Å². The number of rotatable bonds is 2. The summed E-state index contributed by atoms with van der Waals surface area (Å²) in [5.74, 6) is -1.60. The predicted octanol–water partition coefficient (Wildman–Crippen LogP) is 4.92. The molecule has 1 aromatic rings. The zero-order chi connectivity index (χ0) is 21.1. The third kappa shape index (κ3) is 2.94. The van der Waals surface area contributed by atoms with Gasteiger partial charge in [-0.2, -0.15) is 0 Å². The number of hydrogen-bond donors (Lipinski definition) is 1. The Bertz CT molecular complexity index is 895. The van der Waals surface area contributed by atoms with Crippen LogP contribution in [-0.2, 0) is 21.5 Å². The monoisotopic (exact) mass is 407 g/mol. The largest absolute Gasteiger partial charge is 0.481 e. The Hall–Kier alpha value is -2.10. The Morgan fingerprint density at radius 3 is 2.37 bits per heavy atom.